The van der Waals surface area contributed by atoms with Crippen molar-refractivity contribution in [3.05, 3.63) is 36.5 Å². The minimum atomic E-state index is -4.38. The maximum absolute atomic E-state index is 12.6. The molecule has 0 aromatic carbocycles. The van der Waals surface area contributed by atoms with Crippen LogP contribution in [0.5, 0.6) is 0 Å². The van der Waals surface area contributed by atoms with Gasteiger partial charge in [0.1, 0.15) is 6.61 Å². The van der Waals surface area contributed by atoms with Gasteiger partial charge in [-0.15, -0.1) is 0 Å². The van der Waals surface area contributed by atoms with Crippen LogP contribution in [-0.2, 0) is 32.7 Å². The monoisotopic (exact) mass is 826 g/mol. The molecule has 0 fully saturated rings. The number of ether oxygens (including phenoxy) is 2. The Morgan fingerprint density at radius 1 is 0.526 bits per heavy atom. The number of hydrogen-bond acceptors (Lipinski definition) is 8. The average Bonchev–Trinajstić information content (AvgIpc) is 3.20. The zero-order chi connectivity index (χ0) is 41.8. The summed E-state index contributed by atoms with van der Waals surface area (Å²) >= 11 is 0. The van der Waals surface area contributed by atoms with E-state index < -0.39 is 26.5 Å². The van der Waals surface area contributed by atoms with Gasteiger partial charge in [0.05, 0.1) is 13.2 Å². The van der Waals surface area contributed by atoms with Crippen LogP contribution in [0.1, 0.15) is 219 Å². The molecule has 0 saturated heterocycles. The Hall–Kier alpha value is -1.77. The lowest BCUT2D eigenvalue weighted by Crippen LogP contribution is -2.29. The summed E-state index contributed by atoms with van der Waals surface area (Å²) in [4.78, 5) is 34.9. The van der Waals surface area contributed by atoms with Crippen LogP contribution in [0.15, 0.2) is 36.5 Å². The van der Waals surface area contributed by atoms with Crippen molar-refractivity contribution in [2.24, 2.45) is 5.73 Å². The van der Waals surface area contributed by atoms with E-state index in [2.05, 4.69) is 50.3 Å². The third kappa shape index (κ3) is 43.6. The lowest BCUT2D eigenvalue weighted by Gasteiger charge is -2.19. The molecule has 0 heterocycles. The second-order valence-corrected chi connectivity index (χ2v) is 17.1. The Labute approximate surface area is 350 Å². The van der Waals surface area contributed by atoms with Crippen molar-refractivity contribution in [1.29, 1.82) is 0 Å². The number of hydrogen-bond donors (Lipinski definition) is 2. The average molecular weight is 826 g/mol. The van der Waals surface area contributed by atoms with Gasteiger partial charge in [-0.2, -0.15) is 0 Å². The summed E-state index contributed by atoms with van der Waals surface area (Å²) in [5.74, 6) is -0.836. The zero-order valence-electron chi connectivity index (χ0n) is 36.8. The molecule has 2 atom stereocenters. The fraction of sp³-hybridized carbons (Fsp3) is 0.830. The summed E-state index contributed by atoms with van der Waals surface area (Å²) < 4.78 is 32.8. The number of phosphoric ester groups is 1. The van der Waals surface area contributed by atoms with E-state index in [0.29, 0.717) is 6.42 Å². The molecule has 334 valence electrons. The molecule has 57 heavy (non-hydrogen) atoms. The Bertz CT molecular complexity index is 1030. The fourth-order valence-electron chi connectivity index (χ4n) is 6.52. The maximum Gasteiger partial charge on any atom is 0.472 e. The topological polar surface area (TPSA) is 134 Å². The van der Waals surface area contributed by atoms with Gasteiger partial charge >= 0.3 is 19.8 Å². The first-order valence-electron chi connectivity index (χ1n) is 23.5. The molecule has 0 aromatic heterocycles. The molecule has 0 radical (unpaired) electrons. The minimum Gasteiger partial charge on any atom is -0.462 e. The number of phosphoric acid groups is 1. The van der Waals surface area contributed by atoms with Crippen LogP contribution >= 0.6 is 7.82 Å². The molecule has 10 heteroatoms. The molecule has 3 N–H and O–H groups in total. The van der Waals surface area contributed by atoms with Crippen molar-refractivity contribution in [2.75, 3.05) is 26.4 Å². The Morgan fingerprint density at radius 2 is 0.912 bits per heavy atom. The van der Waals surface area contributed by atoms with Crippen molar-refractivity contribution >= 4 is 19.8 Å². The molecule has 0 bridgehead atoms. The van der Waals surface area contributed by atoms with Crippen LogP contribution in [0, 0.1) is 0 Å². The molecule has 2 unspecified atom stereocenters. The van der Waals surface area contributed by atoms with Gasteiger partial charge in [-0.3, -0.25) is 18.6 Å². The zero-order valence-corrected chi connectivity index (χ0v) is 37.7. The van der Waals surface area contributed by atoms with Gasteiger partial charge in [-0.1, -0.05) is 192 Å². The molecule has 0 saturated carbocycles. The normalized spacial score (nSPS) is 13.5. The van der Waals surface area contributed by atoms with Gasteiger partial charge in [0.2, 0.25) is 0 Å². The maximum atomic E-state index is 12.6. The number of nitrogens with two attached hydrogens (primary N) is 1. The first-order valence-corrected chi connectivity index (χ1v) is 25.0. The number of esters is 2. The Morgan fingerprint density at radius 3 is 1.35 bits per heavy atom. The predicted molar refractivity (Wildman–Crippen MR) is 238 cm³/mol. The van der Waals surface area contributed by atoms with Crippen LogP contribution in [-0.4, -0.2) is 49.3 Å². The number of carbonyl (C=O) groups is 2. The molecule has 0 amide bonds. The van der Waals surface area contributed by atoms with Crippen molar-refractivity contribution < 1.29 is 37.6 Å². The first kappa shape index (κ1) is 55.2. The van der Waals surface area contributed by atoms with Gasteiger partial charge in [-0.05, 0) is 51.4 Å². The molecule has 0 aromatic rings. The summed E-state index contributed by atoms with van der Waals surface area (Å²) in [5.41, 5.74) is 5.35. The van der Waals surface area contributed by atoms with Crippen LogP contribution in [0.25, 0.3) is 0 Å². The number of unbranched alkanes of at least 4 members (excludes halogenated alkanes) is 25. The third-order valence-corrected chi connectivity index (χ3v) is 11.0. The SMILES string of the molecule is CCCCCCC/C=C\C/C=C\C/C=C\CCCCCCCCC(=O)OC(COC(=O)CCCCCCCCCCCCCCCCC)COP(=O)(O)OCCN. The number of allylic oxidation sites excluding steroid dienone is 6. The molecular weight excluding hydrogens is 737 g/mol. The largest absolute Gasteiger partial charge is 0.472 e. The van der Waals surface area contributed by atoms with E-state index in [-0.39, 0.29) is 38.6 Å². The molecule has 0 aliphatic carbocycles. The van der Waals surface area contributed by atoms with Gasteiger partial charge in [0, 0.05) is 19.4 Å². The van der Waals surface area contributed by atoms with Crippen LogP contribution in [0.2, 0.25) is 0 Å². The Kier molecular flexibility index (Phi) is 42.4. The van der Waals surface area contributed by atoms with Crippen LogP contribution < -0.4 is 5.73 Å². The molecule has 9 nitrogen and oxygen atoms in total. The van der Waals surface area contributed by atoms with Gasteiger partial charge in [-0.25, -0.2) is 4.57 Å². The molecule has 0 spiro atoms. The van der Waals surface area contributed by atoms with E-state index in [1.807, 2.05) is 0 Å². The van der Waals surface area contributed by atoms with E-state index in [4.69, 9.17) is 24.3 Å². The molecule has 0 aliphatic heterocycles. The quantitative estimate of drug-likeness (QED) is 0.0266. The molecule has 0 aliphatic rings. The van der Waals surface area contributed by atoms with E-state index in [1.54, 1.807) is 0 Å². The third-order valence-electron chi connectivity index (χ3n) is 10.0. The van der Waals surface area contributed by atoms with Gasteiger partial charge in [0.25, 0.3) is 0 Å². The van der Waals surface area contributed by atoms with Crippen molar-refractivity contribution in [3.63, 3.8) is 0 Å². The lowest BCUT2D eigenvalue weighted by atomic mass is 10.0. The van der Waals surface area contributed by atoms with Gasteiger partial charge < -0.3 is 20.1 Å². The van der Waals surface area contributed by atoms with E-state index in [9.17, 15) is 19.0 Å². The van der Waals surface area contributed by atoms with E-state index in [1.165, 1.54) is 116 Å². The van der Waals surface area contributed by atoms with Crippen molar-refractivity contribution in [2.45, 2.75) is 225 Å². The Balaban J connectivity index is 4.12. The lowest BCUT2D eigenvalue weighted by molar-refractivity contribution is -0.161. The first-order chi connectivity index (χ1) is 27.8. The number of carbonyl (C=O) groups excluding carboxylic acids is 2. The highest BCUT2D eigenvalue weighted by molar-refractivity contribution is 7.47. The van der Waals surface area contributed by atoms with E-state index >= 15 is 0 Å². The number of rotatable bonds is 44. The second kappa shape index (κ2) is 43.8. The summed E-state index contributed by atoms with van der Waals surface area (Å²) in [5, 5.41) is 0. The summed E-state index contributed by atoms with van der Waals surface area (Å²) in [6.45, 7) is 3.73. The van der Waals surface area contributed by atoms with Crippen molar-refractivity contribution in [1.82, 2.24) is 0 Å². The second-order valence-electron chi connectivity index (χ2n) is 15.6. The molecular formula is C47H88NO8P. The predicted octanol–water partition coefficient (Wildman–Crippen LogP) is 13.7. The molecule has 0 rings (SSSR count). The summed E-state index contributed by atoms with van der Waals surface area (Å²) in [7, 11) is -4.38. The minimum absolute atomic E-state index is 0.0515. The highest BCUT2D eigenvalue weighted by Crippen LogP contribution is 2.43. The summed E-state index contributed by atoms with van der Waals surface area (Å²) in [6.07, 6.45) is 48.8. The van der Waals surface area contributed by atoms with E-state index in [0.717, 1.165) is 70.6 Å². The smallest absolute Gasteiger partial charge is 0.462 e. The highest BCUT2D eigenvalue weighted by Gasteiger charge is 2.26. The fourth-order valence-corrected chi connectivity index (χ4v) is 7.29. The van der Waals surface area contributed by atoms with Gasteiger partial charge in [0.15, 0.2) is 6.10 Å². The standard InChI is InChI=1S/C47H88NO8P/c1-3-5-7-9-11-13-15-17-19-20-21-22-23-24-26-28-30-32-34-36-38-40-47(50)56-45(44-55-57(51,52)54-42-41-48)43-53-46(49)39-37-35-33-31-29-27-25-18-16-14-12-10-8-6-4-2/h15,17,20-21,23-24,45H,3-14,16,18-19,22,25-44,48H2,1-2H3,(H,51,52)/b17-15-,21-20-,24-23-. The highest BCUT2D eigenvalue weighted by atomic mass is 31.2. The summed E-state index contributed by atoms with van der Waals surface area (Å²) in [6, 6.07) is 0. The van der Waals surface area contributed by atoms with Crippen LogP contribution in [0.4, 0.5) is 0 Å². The van der Waals surface area contributed by atoms with Crippen LogP contribution in [0.3, 0.4) is 0 Å². The van der Waals surface area contributed by atoms with Crippen molar-refractivity contribution in [3.8, 4) is 0 Å².